The van der Waals surface area contributed by atoms with Crippen LogP contribution in [0.1, 0.15) is 13.3 Å². The predicted molar refractivity (Wildman–Crippen MR) is 45.2 cm³/mol. The Hall–Kier alpha value is -0.120. The summed E-state index contributed by atoms with van der Waals surface area (Å²) in [6.45, 7) is 1.96. The monoisotopic (exact) mass is 162 g/mol. The molecule has 0 radical (unpaired) electrons. The van der Waals surface area contributed by atoms with E-state index in [1.165, 1.54) is 0 Å². The molecular weight excluding hydrogens is 142 g/mol. The standard InChI is InChI=1S/C8H20NO2/c1-5-8(11)7(6-10)9(2,3)4/h7-8,10-11H,5-6H2,1-4H3/q+1. The fourth-order valence-corrected chi connectivity index (χ4v) is 1.15. The Kier molecular flexibility index (Phi) is 4.00. The first-order chi connectivity index (χ1) is 4.93. The maximum Gasteiger partial charge on any atom is 0.138 e. The van der Waals surface area contributed by atoms with Gasteiger partial charge < -0.3 is 14.7 Å². The van der Waals surface area contributed by atoms with E-state index >= 15 is 0 Å². The highest BCUT2D eigenvalue weighted by Gasteiger charge is 2.29. The van der Waals surface area contributed by atoms with Gasteiger partial charge in [0.15, 0.2) is 0 Å². The van der Waals surface area contributed by atoms with Crippen molar-refractivity contribution in [3.05, 3.63) is 0 Å². The fraction of sp³-hybridized carbons (Fsp3) is 1.00. The molecule has 0 aliphatic carbocycles. The molecule has 68 valence electrons. The van der Waals surface area contributed by atoms with Crippen LogP contribution in [0.4, 0.5) is 0 Å². The molecule has 0 saturated carbocycles. The van der Waals surface area contributed by atoms with Gasteiger partial charge in [-0.3, -0.25) is 0 Å². The summed E-state index contributed by atoms with van der Waals surface area (Å²) >= 11 is 0. The minimum absolute atomic E-state index is 0.0402. The molecule has 2 atom stereocenters. The highest BCUT2D eigenvalue weighted by molar-refractivity contribution is 4.65. The second-order valence-electron chi connectivity index (χ2n) is 3.84. The third-order valence-corrected chi connectivity index (χ3v) is 2.04. The molecule has 0 aromatic heterocycles. The van der Waals surface area contributed by atoms with Crippen LogP contribution in [0.15, 0.2) is 0 Å². The van der Waals surface area contributed by atoms with Crippen LogP contribution >= 0.6 is 0 Å². The zero-order chi connectivity index (χ0) is 9.07. The third-order valence-electron chi connectivity index (χ3n) is 2.04. The number of hydrogen-bond donors (Lipinski definition) is 2. The summed E-state index contributed by atoms with van der Waals surface area (Å²) in [6, 6.07) is -0.0694. The van der Waals surface area contributed by atoms with E-state index in [1.807, 2.05) is 28.1 Å². The van der Waals surface area contributed by atoms with Gasteiger partial charge in [-0.15, -0.1) is 0 Å². The molecular formula is C8H20NO2+. The second-order valence-corrected chi connectivity index (χ2v) is 3.84. The number of aliphatic hydroxyl groups excluding tert-OH is 2. The maximum atomic E-state index is 9.48. The molecule has 0 rings (SSSR count). The van der Waals surface area contributed by atoms with Crippen molar-refractivity contribution < 1.29 is 14.7 Å². The van der Waals surface area contributed by atoms with Gasteiger partial charge in [-0.2, -0.15) is 0 Å². The Labute approximate surface area is 68.9 Å². The summed E-state index contributed by atoms with van der Waals surface area (Å²) in [5, 5.41) is 18.5. The van der Waals surface area contributed by atoms with Gasteiger partial charge in [0, 0.05) is 0 Å². The molecule has 0 aliphatic heterocycles. The molecule has 3 heteroatoms. The van der Waals surface area contributed by atoms with Crippen LogP contribution in [0.5, 0.6) is 0 Å². The van der Waals surface area contributed by atoms with E-state index in [0.717, 1.165) is 0 Å². The van der Waals surface area contributed by atoms with Gasteiger partial charge in [-0.25, -0.2) is 0 Å². The topological polar surface area (TPSA) is 40.5 Å². The highest BCUT2D eigenvalue weighted by atomic mass is 16.3. The summed E-state index contributed by atoms with van der Waals surface area (Å²) in [7, 11) is 5.92. The lowest BCUT2D eigenvalue weighted by Gasteiger charge is -2.35. The van der Waals surface area contributed by atoms with E-state index in [4.69, 9.17) is 5.11 Å². The van der Waals surface area contributed by atoms with Gasteiger partial charge in [0.05, 0.1) is 27.7 Å². The zero-order valence-electron chi connectivity index (χ0n) is 7.91. The quantitative estimate of drug-likeness (QED) is 0.563. The van der Waals surface area contributed by atoms with E-state index in [9.17, 15) is 5.11 Å². The number of likely N-dealkylation sites (N-methyl/N-ethyl adjacent to an activating group) is 1. The summed E-state index contributed by atoms with van der Waals surface area (Å²) < 4.78 is 0.603. The van der Waals surface area contributed by atoms with Crippen LogP contribution in [0.2, 0.25) is 0 Å². The number of hydrogen-bond acceptors (Lipinski definition) is 2. The summed E-state index contributed by atoms with van der Waals surface area (Å²) in [5.41, 5.74) is 0. The maximum absolute atomic E-state index is 9.48. The fourth-order valence-electron chi connectivity index (χ4n) is 1.15. The van der Waals surface area contributed by atoms with E-state index in [0.29, 0.717) is 10.9 Å². The Bertz CT molecular complexity index is 109. The first-order valence-corrected chi connectivity index (χ1v) is 4.03. The number of rotatable bonds is 4. The molecule has 0 amide bonds. The number of aliphatic hydroxyl groups is 2. The Morgan fingerprint density at radius 3 is 1.82 bits per heavy atom. The normalized spacial score (nSPS) is 18.0. The van der Waals surface area contributed by atoms with Gasteiger partial charge in [0.25, 0.3) is 0 Å². The van der Waals surface area contributed by atoms with Crippen molar-refractivity contribution in [2.24, 2.45) is 0 Å². The summed E-state index contributed by atoms with van der Waals surface area (Å²) in [5.74, 6) is 0. The Morgan fingerprint density at radius 1 is 1.27 bits per heavy atom. The molecule has 0 aromatic carbocycles. The van der Waals surface area contributed by atoms with Crippen molar-refractivity contribution in [2.75, 3.05) is 27.7 Å². The summed E-state index contributed by atoms with van der Waals surface area (Å²) in [4.78, 5) is 0. The lowest BCUT2D eigenvalue weighted by molar-refractivity contribution is -0.900. The first kappa shape index (κ1) is 10.9. The number of quaternary nitrogens is 1. The smallest absolute Gasteiger partial charge is 0.138 e. The molecule has 0 bridgehead atoms. The molecule has 0 saturated heterocycles. The van der Waals surface area contributed by atoms with Crippen molar-refractivity contribution in [1.29, 1.82) is 0 Å². The SMILES string of the molecule is CCC(O)C(CO)[N+](C)(C)C. The van der Waals surface area contributed by atoms with Crippen molar-refractivity contribution in [3.8, 4) is 0 Å². The Balaban J connectivity index is 4.16. The average Bonchev–Trinajstić information content (AvgIpc) is 1.86. The van der Waals surface area contributed by atoms with Gasteiger partial charge in [0.1, 0.15) is 12.1 Å². The molecule has 0 aromatic rings. The third kappa shape index (κ3) is 3.18. The molecule has 2 unspecified atom stereocenters. The molecule has 2 N–H and O–H groups in total. The van der Waals surface area contributed by atoms with Crippen molar-refractivity contribution >= 4 is 0 Å². The zero-order valence-corrected chi connectivity index (χ0v) is 7.91. The minimum atomic E-state index is -0.403. The second kappa shape index (κ2) is 4.04. The number of nitrogens with zero attached hydrogens (tertiary/aromatic N) is 1. The summed E-state index contributed by atoms with van der Waals surface area (Å²) in [6.07, 6.45) is 0.292. The van der Waals surface area contributed by atoms with Gasteiger partial charge in [-0.05, 0) is 6.42 Å². The van der Waals surface area contributed by atoms with E-state index in [2.05, 4.69) is 0 Å². The molecule has 0 spiro atoms. The van der Waals surface area contributed by atoms with Crippen LogP contribution in [0.3, 0.4) is 0 Å². The van der Waals surface area contributed by atoms with Crippen LogP contribution in [0, 0.1) is 0 Å². The lowest BCUT2D eigenvalue weighted by atomic mass is 10.1. The van der Waals surface area contributed by atoms with Crippen LogP contribution in [-0.4, -0.2) is 54.6 Å². The van der Waals surface area contributed by atoms with E-state index in [-0.39, 0.29) is 12.6 Å². The molecule has 0 fully saturated rings. The molecule has 3 nitrogen and oxygen atoms in total. The molecule has 0 heterocycles. The average molecular weight is 162 g/mol. The van der Waals surface area contributed by atoms with Crippen molar-refractivity contribution in [2.45, 2.75) is 25.5 Å². The Morgan fingerprint density at radius 2 is 1.73 bits per heavy atom. The van der Waals surface area contributed by atoms with E-state index < -0.39 is 6.10 Å². The van der Waals surface area contributed by atoms with E-state index in [1.54, 1.807) is 0 Å². The van der Waals surface area contributed by atoms with Crippen molar-refractivity contribution in [3.63, 3.8) is 0 Å². The molecule has 11 heavy (non-hydrogen) atoms. The predicted octanol–water partition coefficient (Wildman–Crippen LogP) is -0.176. The molecule has 0 aliphatic rings. The van der Waals surface area contributed by atoms with Gasteiger partial charge in [-0.1, -0.05) is 6.92 Å². The lowest BCUT2D eigenvalue weighted by Crippen LogP contribution is -2.53. The van der Waals surface area contributed by atoms with Crippen LogP contribution in [0.25, 0.3) is 0 Å². The minimum Gasteiger partial charge on any atom is -0.390 e. The first-order valence-electron chi connectivity index (χ1n) is 4.03. The largest absolute Gasteiger partial charge is 0.390 e. The van der Waals surface area contributed by atoms with Crippen LogP contribution < -0.4 is 0 Å². The van der Waals surface area contributed by atoms with Gasteiger partial charge >= 0.3 is 0 Å². The van der Waals surface area contributed by atoms with Crippen molar-refractivity contribution in [1.82, 2.24) is 0 Å². The van der Waals surface area contributed by atoms with Gasteiger partial charge in [0.2, 0.25) is 0 Å². The van der Waals surface area contributed by atoms with Crippen LogP contribution in [-0.2, 0) is 0 Å². The highest BCUT2D eigenvalue weighted by Crippen LogP contribution is 2.09.